The maximum absolute atomic E-state index is 5.63. The molecule has 0 saturated carbocycles. The van der Waals surface area contributed by atoms with Crippen molar-refractivity contribution in [3.05, 3.63) is 89.5 Å². The third kappa shape index (κ3) is 5.91. The number of nitrogens with zero attached hydrogens (tertiary/aromatic N) is 1. The zero-order chi connectivity index (χ0) is 18.6. The summed E-state index contributed by atoms with van der Waals surface area (Å²) in [6, 6.07) is 21.4. The van der Waals surface area contributed by atoms with Crippen LogP contribution in [-0.2, 0) is 12.8 Å². The number of aryl methyl sites for hydroxylation is 2. The van der Waals surface area contributed by atoms with Gasteiger partial charge < -0.3 is 4.98 Å². The van der Waals surface area contributed by atoms with E-state index >= 15 is 0 Å². The molecule has 1 heterocycles. The molecule has 26 heavy (non-hydrogen) atoms. The predicted molar refractivity (Wildman–Crippen MR) is 112 cm³/mol. The van der Waals surface area contributed by atoms with Gasteiger partial charge in [0.15, 0.2) is 0 Å². The van der Waals surface area contributed by atoms with Gasteiger partial charge in [-0.25, -0.2) is 4.98 Å². The van der Waals surface area contributed by atoms with Crippen LogP contribution < -0.4 is 0 Å². The highest BCUT2D eigenvalue weighted by Gasteiger charge is 2.12. The number of imidazole rings is 1. The second kappa shape index (κ2) is 11.4. The van der Waals surface area contributed by atoms with E-state index in [2.05, 4.69) is 84.5 Å². The first kappa shape index (κ1) is 20.0. The van der Waals surface area contributed by atoms with Gasteiger partial charge >= 0.3 is 0 Å². The normalized spacial score (nSPS) is 10.4. The Balaban J connectivity index is 0.000000228. The number of nitrogens with one attached hydrogen (secondary N) is 1. The lowest BCUT2D eigenvalue weighted by molar-refractivity contribution is 0.698. The van der Waals surface area contributed by atoms with Gasteiger partial charge in [-0.1, -0.05) is 87.3 Å². The molecule has 0 bridgehead atoms. The highest BCUT2D eigenvalue weighted by atomic mass is 14.9. The molecule has 0 aliphatic rings. The van der Waals surface area contributed by atoms with Gasteiger partial charge in [0, 0.05) is 11.6 Å². The summed E-state index contributed by atoms with van der Waals surface area (Å²) in [5.74, 6) is 0.473. The number of benzene rings is 2. The second-order valence-electron chi connectivity index (χ2n) is 6.34. The zero-order valence-corrected chi connectivity index (χ0v) is 16.0. The van der Waals surface area contributed by atoms with Crippen LogP contribution >= 0.6 is 0 Å². The fourth-order valence-corrected chi connectivity index (χ4v) is 3.18. The maximum atomic E-state index is 5.63. The molecule has 0 amide bonds. The summed E-state index contributed by atoms with van der Waals surface area (Å²) in [5, 5.41) is 0. The number of H-pyrrole nitrogens is 1. The Morgan fingerprint density at radius 2 is 1.46 bits per heavy atom. The van der Waals surface area contributed by atoms with Crippen molar-refractivity contribution in [3.8, 4) is 0 Å². The van der Waals surface area contributed by atoms with Crippen molar-refractivity contribution < 1.29 is 0 Å². The summed E-state index contributed by atoms with van der Waals surface area (Å²) >= 11 is 0. The number of aromatic amines is 1. The van der Waals surface area contributed by atoms with Crippen LogP contribution in [0.3, 0.4) is 0 Å². The fraction of sp³-hybridized carbons (Fsp3) is 0.348. The van der Waals surface area contributed by atoms with Crippen molar-refractivity contribution in [1.29, 1.82) is 0 Å². The van der Waals surface area contributed by atoms with Gasteiger partial charge in [0.2, 0.25) is 0 Å². The van der Waals surface area contributed by atoms with Crippen LogP contribution in [0.1, 0.15) is 55.1 Å². The Kier molecular flexibility index (Phi) is 8.75. The third-order valence-electron chi connectivity index (χ3n) is 4.60. The Labute approximate surface area is 159 Å². The molecular formula is C23H29BN2. The molecule has 0 atom stereocenters. The summed E-state index contributed by atoms with van der Waals surface area (Å²) in [5.41, 5.74) is 5.24. The Hall–Kier alpha value is -2.29. The molecule has 134 valence electrons. The molecule has 0 fully saturated rings. The van der Waals surface area contributed by atoms with E-state index in [0.29, 0.717) is 5.92 Å². The van der Waals surface area contributed by atoms with Gasteiger partial charge in [-0.3, -0.25) is 0 Å². The van der Waals surface area contributed by atoms with Crippen molar-refractivity contribution in [2.75, 3.05) is 0 Å². The zero-order valence-electron chi connectivity index (χ0n) is 16.0. The molecule has 0 saturated heterocycles. The molecule has 0 unspecified atom stereocenters. The largest absolute Gasteiger partial charge is 0.348 e. The number of hydrogen-bond acceptors (Lipinski definition) is 1. The van der Waals surface area contributed by atoms with Gasteiger partial charge in [0.1, 0.15) is 0 Å². The summed E-state index contributed by atoms with van der Waals surface area (Å²) in [7, 11) is 5.63. The van der Waals surface area contributed by atoms with Crippen molar-refractivity contribution in [3.63, 3.8) is 0 Å². The van der Waals surface area contributed by atoms with E-state index in [1.807, 2.05) is 0 Å². The Morgan fingerprint density at radius 1 is 0.885 bits per heavy atom. The smallest absolute Gasteiger partial charge is 0.0925 e. The molecule has 2 aromatic carbocycles. The SMILES string of the molecule is CCc1nc[nH]c1CC.[B]CCCC(c1ccccc1)c1ccccc1. The van der Waals surface area contributed by atoms with E-state index < -0.39 is 0 Å². The van der Waals surface area contributed by atoms with Crippen LogP contribution in [0.2, 0.25) is 6.32 Å². The van der Waals surface area contributed by atoms with E-state index in [-0.39, 0.29) is 0 Å². The monoisotopic (exact) mass is 344 g/mol. The molecule has 0 spiro atoms. The molecular weight excluding hydrogens is 315 g/mol. The third-order valence-corrected chi connectivity index (χ3v) is 4.60. The van der Waals surface area contributed by atoms with E-state index in [9.17, 15) is 0 Å². The summed E-state index contributed by atoms with van der Waals surface area (Å²) in [4.78, 5) is 7.25. The van der Waals surface area contributed by atoms with Crippen LogP contribution in [0.25, 0.3) is 0 Å². The number of aromatic nitrogens is 2. The van der Waals surface area contributed by atoms with Gasteiger partial charge in [0.25, 0.3) is 0 Å². The molecule has 0 aliphatic carbocycles. The average Bonchev–Trinajstić information content (AvgIpc) is 3.18. The average molecular weight is 344 g/mol. The van der Waals surface area contributed by atoms with Gasteiger partial charge in [-0.05, 0) is 30.4 Å². The van der Waals surface area contributed by atoms with Gasteiger partial charge in [-0.2, -0.15) is 0 Å². The van der Waals surface area contributed by atoms with Gasteiger partial charge in [-0.15, -0.1) is 0 Å². The standard InChI is InChI=1S/C16H17B.C7H12N2/c17-13-7-12-16(14-8-3-1-4-9-14)15-10-5-2-6-11-15;1-3-6-7(4-2)9-5-8-6/h1-6,8-11,16H,7,12-13H2;5H,3-4H2,1-2H3,(H,8,9). The lowest BCUT2D eigenvalue weighted by atomic mass is 9.85. The van der Waals surface area contributed by atoms with E-state index in [1.165, 1.54) is 22.5 Å². The highest BCUT2D eigenvalue weighted by molar-refractivity contribution is 6.08. The van der Waals surface area contributed by atoms with Crippen LogP contribution in [0, 0.1) is 0 Å². The van der Waals surface area contributed by atoms with Crippen molar-refractivity contribution >= 4 is 7.85 Å². The predicted octanol–water partition coefficient (Wildman–Crippen LogP) is 5.72. The number of rotatable bonds is 7. The fourth-order valence-electron chi connectivity index (χ4n) is 3.18. The molecule has 3 aromatic rings. The lowest BCUT2D eigenvalue weighted by Gasteiger charge is -2.17. The minimum atomic E-state index is 0.473. The minimum absolute atomic E-state index is 0.473. The van der Waals surface area contributed by atoms with Crippen LogP contribution in [0.4, 0.5) is 0 Å². The first-order chi connectivity index (χ1) is 12.8. The van der Waals surface area contributed by atoms with Crippen LogP contribution in [0.5, 0.6) is 0 Å². The van der Waals surface area contributed by atoms with E-state index in [4.69, 9.17) is 7.85 Å². The van der Waals surface area contributed by atoms with Crippen molar-refractivity contribution in [2.45, 2.75) is 51.8 Å². The summed E-state index contributed by atoms with van der Waals surface area (Å²) < 4.78 is 0. The quantitative estimate of drug-likeness (QED) is 0.546. The van der Waals surface area contributed by atoms with Crippen LogP contribution in [-0.4, -0.2) is 17.8 Å². The topological polar surface area (TPSA) is 28.7 Å². The molecule has 1 aromatic heterocycles. The Bertz CT molecular complexity index is 664. The molecule has 3 heteroatoms. The first-order valence-electron chi connectivity index (χ1n) is 9.61. The molecule has 1 N–H and O–H groups in total. The van der Waals surface area contributed by atoms with Crippen molar-refractivity contribution in [1.82, 2.24) is 9.97 Å². The number of hydrogen-bond donors (Lipinski definition) is 1. The second-order valence-corrected chi connectivity index (χ2v) is 6.34. The van der Waals surface area contributed by atoms with E-state index in [0.717, 1.165) is 32.0 Å². The van der Waals surface area contributed by atoms with Gasteiger partial charge in [0.05, 0.1) is 19.9 Å². The first-order valence-corrected chi connectivity index (χ1v) is 9.61. The van der Waals surface area contributed by atoms with Crippen molar-refractivity contribution in [2.24, 2.45) is 0 Å². The molecule has 3 rings (SSSR count). The summed E-state index contributed by atoms with van der Waals surface area (Å²) in [6.07, 6.45) is 6.79. The van der Waals surface area contributed by atoms with E-state index in [1.54, 1.807) is 6.33 Å². The lowest BCUT2D eigenvalue weighted by Crippen LogP contribution is -2.00. The minimum Gasteiger partial charge on any atom is -0.348 e. The van der Waals surface area contributed by atoms with Crippen LogP contribution in [0.15, 0.2) is 67.0 Å². The Morgan fingerprint density at radius 3 is 1.88 bits per heavy atom. The highest BCUT2D eigenvalue weighted by Crippen LogP contribution is 2.29. The summed E-state index contributed by atoms with van der Waals surface area (Å²) in [6.45, 7) is 4.25. The molecule has 2 radical (unpaired) electrons. The maximum Gasteiger partial charge on any atom is 0.0925 e. The molecule has 2 nitrogen and oxygen atoms in total. The molecule has 0 aliphatic heterocycles.